The van der Waals surface area contributed by atoms with E-state index in [4.69, 9.17) is 11.6 Å². The molecule has 1 heterocycles. The summed E-state index contributed by atoms with van der Waals surface area (Å²) < 4.78 is 0. The van der Waals surface area contributed by atoms with Crippen molar-refractivity contribution in [3.63, 3.8) is 0 Å². The third-order valence-electron chi connectivity index (χ3n) is 5.40. The summed E-state index contributed by atoms with van der Waals surface area (Å²) in [6.07, 6.45) is 2.31. The van der Waals surface area contributed by atoms with Crippen LogP contribution in [0.1, 0.15) is 33.6 Å². The van der Waals surface area contributed by atoms with Gasteiger partial charge in [0.2, 0.25) is 0 Å². The van der Waals surface area contributed by atoms with Crippen molar-refractivity contribution in [3.8, 4) is 0 Å². The van der Waals surface area contributed by atoms with Gasteiger partial charge in [-0.05, 0) is 49.2 Å². The van der Waals surface area contributed by atoms with E-state index in [1.807, 2.05) is 24.3 Å². The number of nitro benzene ring substituents is 1. The molecule has 4 rings (SSSR count). The highest BCUT2D eigenvalue weighted by atomic mass is 35.5. The van der Waals surface area contributed by atoms with Crippen molar-refractivity contribution in [1.29, 1.82) is 0 Å². The van der Waals surface area contributed by atoms with Crippen LogP contribution in [-0.2, 0) is 0 Å². The van der Waals surface area contributed by atoms with Crippen LogP contribution in [0.3, 0.4) is 0 Å². The predicted octanol–water partition coefficient (Wildman–Crippen LogP) is 5.35. The Labute approximate surface area is 195 Å². The number of nitro groups is 1. The average Bonchev–Trinajstić information content (AvgIpc) is 3.34. The molecule has 0 aliphatic carbocycles. The Hall–Kier alpha value is -3.91. The first-order valence-corrected chi connectivity index (χ1v) is 10.8. The van der Waals surface area contributed by atoms with Crippen LogP contribution in [0.4, 0.5) is 22.7 Å². The molecule has 0 radical (unpaired) electrons. The summed E-state index contributed by atoms with van der Waals surface area (Å²) in [5.74, 6) is -0.953. The lowest BCUT2D eigenvalue weighted by molar-refractivity contribution is -0.384. The number of nitrogens with one attached hydrogen (secondary N) is 2. The molecular formula is C24H21ClN4O4. The summed E-state index contributed by atoms with van der Waals surface area (Å²) in [6.45, 7) is 1.99. The molecule has 1 fully saturated rings. The molecule has 0 bridgehead atoms. The number of amides is 2. The Morgan fingerprint density at radius 3 is 2.33 bits per heavy atom. The first-order chi connectivity index (χ1) is 15.9. The van der Waals surface area contributed by atoms with E-state index in [2.05, 4.69) is 15.5 Å². The number of benzene rings is 3. The van der Waals surface area contributed by atoms with Crippen molar-refractivity contribution in [3.05, 3.63) is 93.0 Å². The molecule has 1 saturated heterocycles. The van der Waals surface area contributed by atoms with E-state index in [0.29, 0.717) is 11.4 Å². The first kappa shape index (κ1) is 22.3. The van der Waals surface area contributed by atoms with E-state index in [1.165, 1.54) is 12.1 Å². The molecule has 168 valence electrons. The number of hydrogen-bond acceptors (Lipinski definition) is 5. The molecule has 0 unspecified atom stereocenters. The second kappa shape index (κ2) is 9.70. The van der Waals surface area contributed by atoms with E-state index in [9.17, 15) is 19.7 Å². The lowest BCUT2D eigenvalue weighted by atomic mass is 10.1. The molecule has 2 amide bonds. The highest BCUT2D eigenvalue weighted by molar-refractivity contribution is 6.34. The van der Waals surface area contributed by atoms with Gasteiger partial charge in [0, 0.05) is 36.6 Å². The van der Waals surface area contributed by atoms with Gasteiger partial charge in [0.25, 0.3) is 17.5 Å². The van der Waals surface area contributed by atoms with Gasteiger partial charge in [-0.3, -0.25) is 19.7 Å². The van der Waals surface area contributed by atoms with Gasteiger partial charge in [0.1, 0.15) is 0 Å². The fourth-order valence-corrected chi connectivity index (χ4v) is 4.00. The van der Waals surface area contributed by atoms with Crippen molar-refractivity contribution < 1.29 is 14.5 Å². The first-order valence-electron chi connectivity index (χ1n) is 10.4. The number of anilines is 3. The molecular weight excluding hydrogens is 444 g/mol. The highest BCUT2D eigenvalue weighted by Gasteiger charge is 2.19. The molecule has 0 saturated carbocycles. The average molecular weight is 465 g/mol. The van der Waals surface area contributed by atoms with Crippen LogP contribution in [0.25, 0.3) is 0 Å². The van der Waals surface area contributed by atoms with Crippen LogP contribution in [0.5, 0.6) is 0 Å². The zero-order chi connectivity index (χ0) is 23.4. The van der Waals surface area contributed by atoms with Crippen molar-refractivity contribution in [2.75, 3.05) is 28.6 Å². The lowest BCUT2D eigenvalue weighted by Gasteiger charge is -2.18. The predicted molar refractivity (Wildman–Crippen MR) is 128 cm³/mol. The maximum absolute atomic E-state index is 13.0. The van der Waals surface area contributed by atoms with Gasteiger partial charge >= 0.3 is 0 Å². The van der Waals surface area contributed by atoms with Gasteiger partial charge in [-0.1, -0.05) is 29.8 Å². The van der Waals surface area contributed by atoms with E-state index in [1.54, 1.807) is 24.3 Å². The van der Waals surface area contributed by atoms with Crippen molar-refractivity contribution in [2.45, 2.75) is 12.8 Å². The Morgan fingerprint density at radius 2 is 1.61 bits per heavy atom. The van der Waals surface area contributed by atoms with E-state index in [0.717, 1.165) is 37.7 Å². The van der Waals surface area contributed by atoms with Gasteiger partial charge in [-0.15, -0.1) is 0 Å². The van der Waals surface area contributed by atoms with Crippen LogP contribution >= 0.6 is 11.6 Å². The molecule has 0 spiro atoms. The van der Waals surface area contributed by atoms with E-state index in [-0.39, 0.29) is 27.7 Å². The largest absolute Gasteiger partial charge is 0.371 e. The van der Waals surface area contributed by atoms with Crippen molar-refractivity contribution in [1.82, 2.24) is 0 Å². The van der Waals surface area contributed by atoms with Gasteiger partial charge in [-0.2, -0.15) is 0 Å². The SMILES string of the molecule is O=C(Nc1ccccc1C(=O)Nc1cccc(N2CCCC2)c1)c1ccc([N+](=O)[O-])cc1Cl. The summed E-state index contributed by atoms with van der Waals surface area (Å²) in [7, 11) is 0. The Kier molecular flexibility index (Phi) is 6.55. The Morgan fingerprint density at radius 1 is 0.879 bits per heavy atom. The molecule has 3 aromatic rings. The topological polar surface area (TPSA) is 105 Å². The highest BCUT2D eigenvalue weighted by Crippen LogP contribution is 2.26. The standard InChI is InChI=1S/C24H21ClN4O4/c25-21-15-18(29(32)33)10-11-19(21)23(30)27-22-9-2-1-8-20(22)24(31)26-16-6-5-7-17(14-16)28-12-3-4-13-28/h1-2,5-11,14-15H,3-4,12-13H2,(H,26,31)(H,27,30). The number of halogens is 1. The second-order valence-corrected chi connectivity index (χ2v) is 8.03. The Bertz CT molecular complexity index is 1220. The molecule has 8 nitrogen and oxygen atoms in total. The summed E-state index contributed by atoms with van der Waals surface area (Å²) in [4.78, 5) is 38.3. The van der Waals surface area contributed by atoms with Crippen LogP contribution < -0.4 is 15.5 Å². The smallest absolute Gasteiger partial charge is 0.270 e. The monoisotopic (exact) mass is 464 g/mol. The Balaban J connectivity index is 1.52. The third kappa shape index (κ3) is 5.12. The number of rotatable bonds is 6. The molecule has 3 aromatic carbocycles. The minimum Gasteiger partial charge on any atom is -0.371 e. The van der Waals surface area contributed by atoms with Crippen molar-refractivity contribution in [2.24, 2.45) is 0 Å². The number of carbonyl (C=O) groups excluding carboxylic acids is 2. The maximum Gasteiger partial charge on any atom is 0.270 e. The molecule has 2 N–H and O–H groups in total. The normalized spacial score (nSPS) is 12.9. The summed E-state index contributed by atoms with van der Waals surface area (Å²) in [5.41, 5.74) is 2.13. The van der Waals surface area contributed by atoms with Gasteiger partial charge in [-0.25, -0.2) is 0 Å². The third-order valence-corrected chi connectivity index (χ3v) is 5.72. The number of para-hydroxylation sites is 1. The second-order valence-electron chi connectivity index (χ2n) is 7.62. The van der Waals surface area contributed by atoms with Crippen LogP contribution in [0.15, 0.2) is 66.7 Å². The van der Waals surface area contributed by atoms with Crippen LogP contribution in [0, 0.1) is 10.1 Å². The molecule has 0 atom stereocenters. The maximum atomic E-state index is 13.0. The summed E-state index contributed by atoms with van der Waals surface area (Å²) in [5, 5.41) is 16.4. The van der Waals surface area contributed by atoms with Gasteiger partial charge in [0.15, 0.2) is 0 Å². The fourth-order valence-electron chi connectivity index (χ4n) is 3.74. The van der Waals surface area contributed by atoms with Crippen LogP contribution in [-0.4, -0.2) is 29.8 Å². The number of non-ortho nitro benzene ring substituents is 1. The molecule has 33 heavy (non-hydrogen) atoms. The zero-order valence-corrected chi connectivity index (χ0v) is 18.3. The summed E-state index contributed by atoms with van der Waals surface area (Å²) in [6, 6.07) is 17.9. The van der Waals surface area contributed by atoms with Gasteiger partial charge in [0.05, 0.1) is 26.8 Å². The molecule has 1 aliphatic heterocycles. The quantitative estimate of drug-likeness (QED) is 0.378. The van der Waals surface area contributed by atoms with Crippen molar-refractivity contribution >= 4 is 46.2 Å². The van der Waals surface area contributed by atoms with Crippen LogP contribution in [0.2, 0.25) is 5.02 Å². The minimum absolute atomic E-state index is 0.0534. The van der Waals surface area contributed by atoms with E-state index < -0.39 is 10.8 Å². The van der Waals surface area contributed by atoms with Gasteiger partial charge < -0.3 is 15.5 Å². The number of carbonyl (C=O) groups is 2. The lowest BCUT2D eigenvalue weighted by Crippen LogP contribution is -2.19. The zero-order valence-electron chi connectivity index (χ0n) is 17.6. The molecule has 1 aliphatic rings. The molecule has 9 heteroatoms. The summed E-state index contributed by atoms with van der Waals surface area (Å²) >= 11 is 6.06. The molecule has 0 aromatic heterocycles. The number of nitrogens with zero attached hydrogens (tertiary/aromatic N) is 2. The minimum atomic E-state index is -0.591. The van der Waals surface area contributed by atoms with E-state index >= 15 is 0 Å². The fraction of sp³-hybridized carbons (Fsp3) is 0.167. The number of hydrogen-bond donors (Lipinski definition) is 2.